The predicted molar refractivity (Wildman–Crippen MR) is 69.0 cm³/mol. The standard InChI is InChI=1S/C13H13N3O3/c1-9(16-8-2-7-14-16)12(17)15-11-5-3-10(4-6-11)13(18)19/h2-9H,1H3,(H,15,17)(H,18,19). The van der Waals surface area contributed by atoms with Gasteiger partial charge in [-0.2, -0.15) is 5.10 Å². The SMILES string of the molecule is CC(C(=O)Nc1ccc(C(=O)O)cc1)n1cccn1. The van der Waals surface area contributed by atoms with Gasteiger partial charge in [-0.25, -0.2) is 4.79 Å². The van der Waals surface area contributed by atoms with Crippen LogP contribution in [-0.2, 0) is 4.79 Å². The molecule has 1 heterocycles. The van der Waals surface area contributed by atoms with Gasteiger partial charge in [0.1, 0.15) is 6.04 Å². The van der Waals surface area contributed by atoms with Crippen LogP contribution < -0.4 is 5.32 Å². The van der Waals surface area contributed by atoms with Crippen LogP contribution in [0.3, 0.4) is 0 Å². The molecule has 2 rings (SSSR count). The number of benzene rings is 1. The molecule has 6 heteroatoms. The summed E-state index contributed by atoms with van der Waals surface area (Å²) in [5.41, 5.74) is 0.729. The number of anilines is 1. The number of aromatic carboxylic acids is 1. The second kappa shape index (κ2) is 5.34. The maximum absolute atomic E-state index is 11.9. The number of carbonyl (C=O) groups is 2. The fraction of sp³-hybridized carbons (Fsp3) is 0.154. The van der Waals surface area contributed by atoms with Crippen LogP contribution in [-0.4, -0.2) is 26.8 Å². The molecule has 2 aromatic rings. The number of carbonyl (C=O) groups excluding carboxylic acids is 1. The molecule has 0 aliphatic carbocycles. The largest absolute Gasteiger partial charge is 0.478 e. The minimum absolute atomic E-state index is 0.179. The second-order valence-corrected chi connectivity index (χ2v) is 4.03. The third-order valence-corrected chi connectivity index (χ3v) is 2.70. The Balaban J connectivity index is 2.04. The number of hydrogen-bond donors (Lipinski definition) is 2. The Hall–Kier alpha value is -2.63. The first-order chi connectivity index (χ1) is 9.08. The van der Waals surface area contributed by atoms with E-state index in [1.54, 1.807) is 42.2 Å². The quantitative estimate of drug-likeness (QED) is 0.876. The summed E-state index contributed by atoms with van der Waals surface area (Å²) in [6, 6.07) is 7.29. The van der Waals surface area contributed by atoms with Crippen molar-refractivity contribution in [1.82, 2.24) is 9.78 Å². The molecule has 1 atom stereocenters. The summed E-state index contributed by atoms with van der Waals surface area (Å²) in [6.45, 7) is 1.73. The van der Waals surface area contributed by atoms with Crippen LogP contribution in [0.25, 0.3) is 0 Å². The summed E-state index contributed by atoms with van der Waals surface area (Å²) >= 11 is 0. The van der Waals surface area contributed by atoms with Crippen molar-refractivity contribution in [3.05, 3.63) is 48.3 Å². The van der Waals surface area contributed by atoms with Crippen LogP contribution in [0, 0.1) is 0 Å². The van der Waals surface area contributed by atoms with Gasteiger partial charge in [0.2, 0.25) is 5.91 Å². The van der Waals surface area contributed by atoms with Gasteiger partial charge in [-0.3, -0.25) is 9.48 Å². The van der Waals surface area contributed by atoms with E-state index in [-0.39, 0.29) is 11.5 Å². The minimum Gasteiger partial charge on any atom is -0.478 e. The predicted octanol–water partition coefficient (Wildman–Crippen LogP) is 1.78. The van der Waals surface area contributed by atoms with E-state index in [1.165, 1.54) is 12.1 Å². The van der Waals surface area contributed by atoms with E-state index in [4.69, 9.17) is 5.11 Å². The van der Waals surface area contributed by atoms with Crippen molar-refractivity contribution in [2.45, 2.75) is 13.0 Å². The third kappa shape index (κ3) is 2.98. The van der Waals surface area contributed by atoms with Gasteiger partial charge < -0.3 is 10.4 Å². The van der Waals surface area contributed by atoms with Gasteiger partial charge in [-0.1, -0.05) is 0 Å². The number of nitrogens with zero attached hydrogens (tertiary/aromatic N) is 2. The Bertz CT molecular complexity index is 576. The number of amides is 1. The monoisotopic (exact) mass is 259 g/mol. The van der Waals surface area contributed by atoms with Crippen molar-refractivity contribution in [1.29, 1.82) is 0 Å². The molecular formula is C13H13N3O3. The van der Waals surface area contributed by atoms with E-state index < -0.39 is 12.0 Å². The average molecular weight is 259 g/mol. The molecule has 0 aliphatic heterocycles. The fourth-order valence-corrected chi connectivity index (χ4v) is 1.57. The van der Waals surface area contributed by atoms with Crippen LogP contribution in [0.5, 0.6) is 0 Å². The zero-order valence-corrected chi connectivity index (χ0v) is 10.3. The van der Waals surface area contributed by atoms with E-state index in [1.807, 2.05) is 0 Å². The molecule has 98 valence electrons. The van der Waals surface area contributed by atoms with E-state index in [9.17, 15) is 9.59 Å². The molecule has 0 saturated carbocycles. The molecule has 0 aliphatic rings. The van der Waals surface area contributed by atoms with Crippen molar-refractivity contribution < 1.29 is 14.7 Å². The molecule has 0 fully saturated rings. The van der Waals surface area contributed by atoms with Gasteiger partial charge in [0.05, 0.1) is 5.56 Å². The van der Waals surface area contributed by atoms with Gasteiger partial charge >= 0.3 is 5.97 Å². The molecule has 0 spiro atoms. The van der Waals surface area contributed by atoms with Gasteiger partial charge in [0, 0.05) is 18.1 Å². The molecule has 0 saturated heterocycles. The van der Waals surface area contributed by atoms with Crippen molar-refractivity contribution >= 4 is 17.6 Å². The lowest BCUT2D eigenvalue weighted by Gasteiger charge is -2.12. The maximum atomic E-state index is 11.9. The van der Waals surface area contributed by atoms with Crippen LogP contribution in [0.2, 0.25) is 0 Å². The molecule has 1 amide bonds. The van der Waals surface area contributed by atoms with Gasteiger partial charge in [-0.05, 0) is 37.3 Å². The Morgan fingerprint density at radius 1 is 1.32 bits per heavy atom. The first-order valence-corrected chi connectivity index (χ1v) is 5.71. The molecular weight excluding hydrogens is 246 g/mol. The Labute approximate surface area is 109 Å². The molecule has 1 aromatic heterocycles. The Kier molecular flexibility index (Phi) is 3.61. The highest BCUT2D eigenvalue weighted by Gasteiger charge is 2.15. The number of carboxylic acid groups (broad SMARTS) is 1. The number of hydrogen-bond acceptors (Lipinski definition) is 3. The molecule has 0 bridgehead atoms. The van der Waals surface area contributed by atoms with E-state index in [2.05, 4.69) is 10.4 Å². The Morgan fingerprint density at radius 3 is 2.53 bits per heavy atom. The lowest BCUT2D eigenvalue weighted by atomic mass is 10.2. The summed E-state index contributed by atoms with van der Waals surface area (Å²) in [6.07, 6.45) is 3.31. The molecule has 6 nitrogen and oxygen atoms in total. The molecule has 2 N–H and O–H groups in total. The molecule has 0 radical (unpaired) electrons. The summed E-state index contributed by atoms with van der Waals surface area (Å²) < 4.78 is 1.54. The normalized spacial score (nSPS) is 11.8. The van der Waals surface area contributed by atoms with Crippen LogP contribution in [0.15, 0.2) is 42.7 Å². The van der Waals surface area contributed by atoms with Crippen LogP contribution in [0.4, 0.5) is 5.69 Å². The molecule has 1 aromatic carbocycles. The third-order valence-electron chi connectivity index (χ3n) is 2.70. The van der Waals surface area contributed by atoms with E-state index in [0.29, 0.717) is 5.69 Å². The maximum Gasteiger partial charge on any atom is 0.335 e. The van der Waals surface area contributed by atoms with Crippen molar-refractivity contribution in [3.63, 3.8) is 0 Å². The highest BCUT2D eigenvalue weighted by Crippen LogP contribution is 2.12. The average Bonchev–Trinajstić information content (AvgIpc) is 2.92. The van der Waals surface area contributed by atoms with Crippen molar-refractivity contribution in [2.24, 2.45) is 0 Å². The van der Waals surface area contributed by atoms with E-state index >= 15 is 0 Å². The fourth-order valence-electron chi connectivity index (χ4n) is 1.57. The van der Waals surface area contributed by atoms with Gasteiger partial charge in [-0.15, -0.1) is 0 Å². The highest BCUT2D eigenvalue weighted by atomic mass is 16.4. The zero-order chi connectivity index (χ0) is 13.8. The van der Waals surface area contributed by atoms with Gasteiger partial charge in [0.25, 0.3) is 0 Å². The van der Waals surface area contributed by atoms with Gasteiger partial charge in [0.15, 0.2) is 0 Å². The first-order valence-electron chi connectivity index (χ1n) is 5.71. The number of carboxylic acids is 1. The first kappa shape index (κ1) is 12.8. The molecule has 19 heavy (non-hydrogen) atoms. The Morgan fingerprint density at radius 2 is 2.00 bits per heavy atom. The number of nitrogens with one attached hydrogen (secondary N) is 1. The van der Waals surface area contributed by atoms with Crippen LogP contribution >= 0.6 is 0 Å². The topological polar surface area (TPSA) is 84.2 Å². The summed E-state index contributed by atoms with van der Waals surface area (Å²) in [5, 5.41) is 15.5. The van der Waals surface area contributed by atoms with Crippen molar-refractivity contribution in [2.75, 3.05) is 5.32 Å². The lowest BCUT2D eigenvalue weighted by molar-refractivity contribution is -0.119. The number of aromatic nitrogens is 2. The zero-order valence-electron chi connectivity index (χ0n) is 10.3. The smallest absolute Gasteiger partial charge is 0.335 e. The highest BCUT2D eigenvalue weighted by molar-refractivity contribution is 5.94. The second-order valence-electron chi connectivity index (χ2n) is 4.03. The summed E-state index contributed by atoms with van der Waals surface area (Å²) in [7, 11) is 0. The van der Waals surface area contributed by atoms with Crippen LogP contribution in [0.1, 0.15) is 23.3 Å². The minimum atomic E-state index is -0.997. The number of rotatable bonds is 4. The summed E-state index contributed by atoms with van der Waals surface area (Å²) in [4.78, 5) is 22.6. The lowest BCUT2D eigenvalue weighted by Crippen LogP contribution is -2.23. The summed E-state index contributed by atoms with van der Waals surface area (Å²) in [5.74, 6) is -1.21. The van der Waals surface area contributed by atoms with Crippen molar-refractivity contribution in [3.8, 4) is 0 Å². The molecule has 1 unspecified atom stereocenters. The van der Waals surface area contributed by atoms with E-state index in [0.717, 1.165) is 0 Å².